The Balaban J connectivity index is 2.61. The van der Waals surface area contributed by atoms with Crippen molar-refractivity contribution in [3.05, 3.63) is 0 Å². The van der Waals surface area contributed by atoms with Crippen LogP contribution >= 0.6 is 0 Å². The number of carbonyl (C=O) groups excluding carboxylic acids is 1. The molecule has 0 radical (unpaired) electrons. The first kappa shape index (κ1) is 14.5. The summed E-state index contributed by atoms with van der Waals surface area (Å²) in [5.41, 5.74) is 5.87. The maximum atomic E-state index is 12.3. The minimum Gasteiger partial charge on any atom is -0.338 e. The van der Waals surface area contributed by atoms with Crippen LogP contribution in [0.5, 0.6) is 0 Å². The number of piperazine rings is 1. The van der Waals surface area contributed by atoms with E-state index in [9.17, 15) is 4.79 Å². The Morgan fingerprint density at radius 1 is 1.41 bits per heavy atom. The van der Waals surface area contributed by atoms with Crippen LogP contribution in [0.15, 0.2) is 0 Å². The van der Waals surface area contributed by atoms with Crippen LogP contribution in [0, 0.1) is 5.41 Å². The van der Waals surface area contributed by atoms with Gasteiger partial charge in [-0.05, 0) is 18.9 Å². The number of rotatable bonds is 2. The van der Waals surface area contributed by atoms with E-state index in [-0.39, 0.29) is 11.3 Å². The Hall–Kier alpha value is -0.610. The molecular formula is C13H27N3O. The van der Waals surface area contributed by atoms with Crippen LogP contribution < -0.4 is 5.73 Å². The van der Waals surface area contributed by atoms with Crippen molar-refractivity contribution < 1.29 is 4.79 Å². The molecule has 4 nitrogen and oxygen atoms in total. The molecule has 0 saturated carbocycles. The second-order valence-electron chi connectivity index (χ2n) is 6.11. The summed E-state index contributed by atoms with van der Waals surface area (Å²) in [4.78, 5) is 16.6. The number of nitrogens with two attached hydrogens (primary N) is 1. The van der Waals surface area contributed by atoms with Crippen molar-refractivity contribution in [2.45, 2.75) is 46.7 Å². The van der Waals surface area contributed by atoms with E-state index in [1.165, 1.54) is 0 Å². The number of carbonyl (C=O) groups is 1. The van der Waals surface area contributed by atoms with Gasteiger partial charge in [0.25, 0.3) is 0 Å². The SMILES string of the molecule is CCN1CCN(C(=O)[C@@H](N)C(C)(C)C)CC1C. The van der Waals surface area contributed by atoms with Crippen LogP contribution in [-0.2, 0) is 4.79 Å². The lowest BCUT2D eigenvalue weighted by molar-refractivity contribution is -0.137. The lowest BCUT2D eigenvalue weighted by Crippen LogP contribution is -2.58. The van der Waals surface area contributed by atoms with Crippen molar-refractivity contribution in [1.82, 2.24) is 9.80 Å². The van der Waals surface area contributed by atoms with Crippen LogP contribution in [0.1, 0.15) is 34.6 Å². The largest absolute Gasteiger partial charge is 0.338 e. The lowest BCUT2D eigenvalue weighted by atomic mass is 9.86. The van der Waals surface area contributed by atoms with E-state index in [2.05, 4.69) is 18.7 Å². The highest BCUT2D eigenvalue weighted by atomic mass is 16.2. The molecule has 1 fully saturated rings. The molecule has 1 saturated heterocycles. The van der Waals surface area contributed by atoms with Gasteiger partial charge in [-0.2, -0.15) is 0 Å². The molecule has 2 N–H and O–H groups in total. The molecule has 0 aromatic heterocycles. The van der Waals surface area contributed by atoms with E-state index in [0.29, 0.717) is 6.04 Å². The predicted molar refractivity (Wildman–Crippen MR) is 70.7 cm³/mol. The molecule has 1 heterocycles. The van der Waals surface area contributed by atoms with Gasteiger partial charge in [0.2, 0.25) is 5.91 Å². The minimum absolute atomic E-state index is 0.0973. The highest BCUT2D eigenvalue weighted by Crippen LogP contribution is 2.20. The average Bonchev–Trinajstić information content (AvgIpc) is 2.25. The van der Waals surface area contributed by atoms with Crippen molar-refractivity contribution in [2.75, 3.05) is 26.2 Å². The van der Waals surface area contributed by atoms with Crippen LogP contribution in [0.2, 0.25) is 0 Å². The fourth-order valence-electron chi connectivity index (χ4n) is 2.23. The predicted octanol–water partition coefficient (Wildman–Crippen LogP) is 0.912. The molecule has 17 heavy (non-hydrogen) atoms. The normalized spacial score (nSPS) is 24.8. The Morgan fingerprint density at radius 2 is 2.00 bits per heavy atom. The zero-order valence-corrected chi connectivity index (χ0v) is 11.9. The lowest BCUT2D eigenvalue weighted by Gasteiger charge is -2.41. The molecule has 1 rings (SSSR count). The van der Waals surface area contributed by atoms with Crippen LogP contribution in [0.25, 0.3) is 0 Å². The summed E-state index contributed by atoms with van der Waals surface area (Å²) in [5.74, 6) is 0.0973. The minimum atomic E-state index is -0.400. The molecule has 1 amide bonds. The Morgan fingerprint density at radius 3 is 2.41 bits per heavy atom. The number of hydrogen-bond acceptors (Lipinski definition) is 3. The number of amides is 1. The monoisotopic (exact) mass is 241 g/mol. The number of nitrogens with zero attached hydrogens (tertiary/aromatic N) is 2. The van der Waals surface area contributed by atoms with Gasteiger partial charge in [-0.3, -0.25) is 9.69 Å². The van der Waals surface area contributed by atoms with Crippen molar-refractivity contribution in [2.24, 2.45) is 11.1 Å². The maximum Gasteiger partial charge on any atom is 0.240 e. The second-order valence-corrected chi connectivity index (χ2v) is 6.11. The van der Waals surface area contributed by atoms with E-state index < -0.39 is 6.04 Å². The fourth-order valence-corrected chi connectivity index (χ4v) is 2.23. The highest BCUT2D eigenvalue weighted by Gasteiger charge is 2.33. The summed E-state index contributed by atoms with van der Waals surface area (Å²) in [5, 5.41) is 0. The van der Waals surface area contributed by atoms with Crippen LogP contribution in [0.4, 0.5) is 0 Å². The van der Waals surface area contributed by atoms with Gasteiger partial charge in [0.15, 0.2) is 0 Å². The highest BCUT2D eigenvalue weighted by molar-refractivity contribution is 5.82. The van der Waals surface area contributed by atoms with Crippen LogP contribution in [-0.4, -0.2) is 54.0 Å². The first-order valence-corrected chi connectivity index (χ1v) is 6.55. The summed E-state index contributed by atoms with van der Waals surface area (Å²) in [6.07, 6.45) is 0. The molecule has 1 aliphatic rings. The first-order chi connectivity index (χ1) is 7.77. The summed E-state index contributed by atoms with van der Waals surface area (Å²) >= 11 is 0. The van der Waals surface area contributed by atoms with Crippen molar-refractivity contribution in [3.8, 4) is 0 Å². The number of hydrogen-bond donors (Lipinski definition) is 1. The van der Waals surface area contributed by atoms with Gasteiger partial charge in [-0.15, -0.1) is 0 Å². The molecule has 0 bridgehead atoms. The third-order valence-corrected chi connectivity index (χ3v) is 3.68. The molecule has 2 atom stereocenters. The smallest absolute Gasteiger partial charge is 0.240 e. The van der Waals surface area contributed by atoms with E-state index in [4.69, 9.17) is 5.73 Å². The van der Waals surface area contributed by atoms with Gasteiger partial charge < -0.3 is 10.6 Å². The molecular weight excluding hydrogens is 214 g/mol. The van der Waals surface area contributed by atoms with E-state index in [0.717, 1.165) is 26.2 Å². The number of likely N-dealkylation sites (N-methyl/N-ethyl adjacent to an activating group) is 1. The van der Waals surface area contributed by atoms with E-state index in [1.807, 2.05) is 25.7 Å². The van der Waals surface area contributed by atoms with Crippen molar-refractivity contribution in [1.29, 1.82) is 0 Å². The van der Waals surface area contributed by atoms with Gasteiger partial charge in [0.1, 0.15) is 0 Å². The summed E-state index contributed by atoms with van der Waals surface area (Å²) in [7, 11) is 0. The Kier molecular flexibility index (Phi) is 4.55. The molecule has 1 aliphatic heterocycles. The molecule has 4 heteroatoms. The van der Waals surface area contributed by atoms with Gasteiger partial charge >= 0.3 is 0 Å². The summed E-state index contributed by atoms with van der Waals surface area (Å²) in [6, 6.07) is 0.0349. The molecule has 0 spiro atoms. The molecule has 1 unspecified atom stereocenters. The standard InChI is InChI=1S/C13H27N3O/c1-6-15-7-8-16(9-10(15)2)12(17)11(14)13(3,4)5/h10-11H,6-9,14H2,1-5H3/t10?,11-/m1/s1. The topological polar surface area (TPSA) is 49.6 Å². The summed E-state index contributed by atoms with van der Waals surface area (Å²) in [6.45, 7) is 14.0. The average molecular weight is 241 g/mol. The van der Waals surface area contributed by atoms with Gasteiger partial charge in [0.05, 0.1) is 6.04 Å². The first-order valence-electron chi connectivity index (χ1n) is 6.55. The molecule has 0 aromatic rings. The molecule has 0 aliphatic carbocycles. The molecule has 0 aromatic carbocycles. The third kappa shape index (κ3) is 3.42. The quantitative estimate of drug-likeness (QED) is 0.782. The van der Waals surface area contributed by atoms with Gasteiger partial charge in [-0.1, -0.05) is 27.7 Å². The molecule has 100 valence electrons. The van der Waals surface area contributed by atoms with Gasteiger partial charge in [-0.25, -0.2) is 0 Å². The Labute approximate surface area is 105 Å². The fraction of sp³-hybridized carbons (Fsp3) is 0.923. The van der Waals surface area contributed by atoms with Crippen molar-refractivity contribution in [3.63, 3.8) is 0 Å². The van der Waals surface area contributed by atoms with Gasteiger partial charge in [0, 0.05) is 25.7 Å². The van der Waals surface area contributed by atoms with E-state index in [1.54, 1.807) is 0 Å². The third-order valence-electron chi connectivity index (χ3n) is 3.68. The second kappa shape index (κ2) is 5.36. The van der Waals surface area contributed by atoms with Crippen molar-refractivity contribution >= 4 is 5.91 Å². The zero-order chi connectivity index (χ0) is 13.2. The summed E-state index contributed by atoms with van der Waals surface area (Å²) < 4.78 is 0. The van der Waals surface area contributed by atoms with E-state index >= 15 is 0 Å². The Bertz CT molecular complexity index is 272. The maximum absolute atomic E-state index is 12.3. The zero-order valence-electron chi connectivity index (χ0n) is 11.9. The van der Waals surface area contributed by atoms with Crippen LogP contribution in [0.3, 0.4) is 0 Å².